The highest BCUT2D eigenvalue weighted by atomic mass is 32.2. The van der Waals surface area contributed by atoms with Crippen LogP contribution in [-0.2, 0) is 4.79 Å². The van der Waals surface area contributed by atoms with Crippen LogP contribution in [0.2, 0.25) is 0 Å². The minimum atomic E-state index is -0.401. The van der Waals surface area contributed by atoms with E-state index in [2.05, 4.69) is 15.2 Å². The highest BCUT2D eigenvalue weighted by molar-refractivity contribution is 8.00. The number of aryl methyl sites for hydroxylation is 1. The summed E-state index contributed by atoms with van der Waals surface area (Å²) >= 11 is 1.30. The molecule has 0 radical (unpaired) electrons. The van der Waals surface area contributed by atoms with Crippen molar-refractivity contribution in [2.75, 3.05) is 0 Å². The third-order valence-corrected chi connectivity index (χ3v) is 4.67. The third-order valence-electron chi connectivity index (χ3n) is 3.61. The number of benzene rings is 1. The van der Waals surface area contributed by atoms with Crippen LogP contribution in [0.25, 0.3) is 17.1 Å². The lowest BCUT2D eigenvalue weighted by molar-refractivity contribution is -0.117. The van der Waals surface area contributed by atoms with E-state index in [0.717, 1.165) is 16.8 Å². The van der Waals surface area contributed by atoms with Crippen molar-refractivity contribution < 1.29 is 4.79 Å². The molecule has 0 aliphatic carbocycles. The largest absolute Gasteiger partial charge is 0.369 e. The molecule has 24 heavy (non-hydrogen) atoms. The van der Waals surface area contributed by atoms with Gasteiger partial charge in [-0.2, -0.15) is 0 Å². The van der Waals surface area contributed by atoms with E-state index in [-0.39, 0.29) is 5.91 Å². The monoisotopic (exact) mass is 339 g/mol. The summed E-state index contributed by atoms with van der Waals surface area (Å²) in [4.78, 5) is 15.5. The lowest BCUT2D eigenvalue weighted by atomic mass is 10.2. The van der Waals surface area contributed by atoms with Crippen LogP contribution in [-0.4, -0.2) is 30.9 Å². The molecule has 3 aromatic rings. The van der Waals surface area contributed by atoms with Crippen LogP contribution < -0.4 is 5.73 Å². The zero-order chi connectivity index (χ0) is 17.1. The molecule has 0 saturated heterocycles. The summed E-state index contributed by atoms with van der Waals surface area (Å²) in [5.74, 6) is 0.315. The van der Waals surface area contributed by atoms with E-state index in [1.165, 1.54) is 11.8 Å². The van der Waals surface area contributed by atoms with E-state index in [1.807, 2.05) is 47.9 Å². The number of primary amides is 1. The van der Waals surface area contributed by atoms with Gasteiger partial charge >= 0.3 is 0 Å². The first-order valence-electron chi connectivity index (χ1n) is 7.45. The van der Waals surface area contributed by atoms with E-state index in [9.17, 15) is 4.79 Å². The summed E-state index contributed by atoms with van der Waals surface area (Å²) in [6.07, 6.45) is 3.43. The molecular weight excluding hydrogens is 322 g/mol. The van der Waals surface area contributed by atoms with E-state index >= 15 is 0 Å². The van der Waals surface area contributed by atoms with E-state index in [1.54, 1.807) is 19.3 Å². The average Bonchev–Trinajstić information content (AvgIpc) is 2.99. The summed E-state index contributed by atoms with van der Waals surface area (Å²) < 4.78 is 1.95. The average molecular weight is 339 g/mol. The Morgan fingerprint density at radius 3 is 2.54 bits per heavy atom. The normalized spacial score (nSPS) is 12.1. The number of thioether (sulfide) groups is 1. The molecule has 122 valence electrons. The zero-order valence-corrected chi connectivity index (χ0v) is 14.2. The predicted octanol–water partition coefficient (Wildman–Crippen LogP) is 2.60. The Balaban J connectivity index is 2.16. The van der Waals surface area contributed by atoms with Crippen molar-refractivity contribution in [3.8, 4) is 17.1 Å². The number of aromatic nitrogens is 4. The first kappa shape index (κ1) is 16.2. The lowest BCUT2D eigenvalue weighted by Crippen LogP contribution is -2.23. The molecule has 2 aromatic heterocycles. The summed E-state index contributed by atoms with van der Waals surface area (Å²) in [6, 6.07) is 11.7. The zero-order valence-electron chi connectivity index (χ0n) is 13.4. The van der Waals surface area contributed by atoms with Gasteiger partial charge in [0.25, 0.3) is 0 Å². The smallest absolute Gasteiger partial charge is 0.230 e. The lowest BCUT2D eigenvalue weighted by Gasteiger charge is -2.14. The maximum absolute atomic E-state index is 11.4. The minimum absolute atomic E-state index is 0.384. The van der Waals surface area contributed by atoms with Crippen molar-refractivity contribution in [3.63, 3.8) is 0 Å². The molecule has 1 amide bonds. The molecule has 2 heterocycles. The molecule has 7 heteroatoms. The van der Waals surface area contributed by atoms with Gasteiger partial charge in [-0.3, -0.25) is 14.3 Å². The molecule has 0 aliphatic heterocycles. The highest BCUT2D eigenvalue weighted by Crippen LogP contribution is 2.30. The van der Waals surface area contributed by atoms with Crippen LogP contribution in [0, 0.1) is 6.92 Å². The Morgan fingerprint density at radius 2 is 1.88 bits per heavy atom. The molecule has 0 bridgehead atoms. The topological polar surface area (TPSA) is 86.7 Å². The van der Waals surface area contributed by atoms with Crippen molar-refractivity contribution in [2.45, 2.75) is 24.3 Å². The van der Waals surface area contributed by atoms with Gasteiger partial charge in [-0.25, -0.2) is 0 Å². The minimum Gasteiger partial charge on any atom is -0.369 e. The summed E-state index contributed by atoms with van der Waals surface area (Å²) in [5, 5.41) is 8.84. The molecule has 2 N–H and O–H groups in total. The SMILES string of the molecule is Cc1ccccc1-n1c(S[C@@H](C)C(N)=O)nnc1-c1ccncc1. The molecule has 0 fully saturated rings. The van der Waals surface area contributed by atoms with E-state index in [0.29, 0.717) is 11.0 Å². The number of rotatable bonds is 5. The van der Waals surface area contributed by atoms with Crippen LogP contribution in [0.15, 0.2) is 53.9 Å². The summed E-state index contributed by atoms with van der Waals surface area (Å²) in [7, 11) is 0. The molecule has 1 atom stereocenters. The van der Waals surface area contributed by atoms with Gasteiger partial charge in [-0.05, 0) is 37.6 Å². The molecule has 0 spiro atoms. The van der Waals surface area contributed by atoms with Crippen LogP contribution in [0.1, 0.15) is 12.5 Å². The molecule has 0 aliphatic rings. The Hall–Kier alpha value is -2.67. The van der Waals surface area contributed by atoms with Crippen LogP contribution in [0.4, 0.5) is 0 Å². The number of hydrogen-bond acceptors (Lipinski definition) is 5. The molecular formula is C17H17N5OS. The molecule has 1 aromatic carbocycles. The number of amides is 1. The fraction of sp³-hybridized carbons (Fsp3) is 0.176. The van der Waals surface area contributed by atoms with Gasteiger partial charge in [0.1, 0.15) is 0 Å². The van der Waals surface area contributed by atoms with Crippen LogP contribution >= 0.6 is 11.8 Å². The number of carbonyl (C=O) groups is 1. The molecule has 6 nitrogen and oxygen atoms in total. The van der Waals surface area contributed by atoms with Gasteiger partial charge in [0, 0.05) is 18.0 Å². The fourth-order valence-corrected chi connectivity index (χ4v) is 3.09. The first-order chi connectivity index (χ1) is 11.6. The first-order valence-corrected chi connectivity index (χ1v) is 8.33. The number of pyridine rings is 1. The van der Waals surface area contributed by atoms with Gasteiger partial charge in [-0.1, -0.05) is 30.0 Å². The number of para-hydroxylation sites is 1. The summed E-state index contributed by atoms with van der Waals surface area (Å²) in [6.45, 7) is 3.79. The van der Waals surface area contributed by atoms with Crippen molar-refractivity contribution in [2.24, 2.45) is 5.73 Å². The Labute approximate surface area is 144 Å². The Morgan fingerprint density at radius 1 is 1.17 bits per heavy atom. The molecule has 3 rings (SSSR count). The maximum atomic E-state index is 11.4. The third kappa shape index (κ3) is 3.16. The quantitative estimate of drug-likeness (QED) is 0.722. The number of carbonyl (C=O) groups excluding carboxylic acids is 1. The number of hydrogen-bond donors (Lipinski definition) is 1. The standard InChI is InChI=1S/C17H17N5OS/c1-11-5-3-4-6-14(11)22-16(13-7-9-19-10-8-13)20-21-17(22)24-12(2)15(18)23/h3-10,12H,1-2H3,(H2,18,23)/t12-/m0/s1. The number of nitrogens with two attached hydrogens (primary N) is 1. The van der Waals surface area contributed by atoms with Crippen LogP contribution in [0.5, 0.6) is 0 Å². The Bertz CT molecular complexity index is 862. The highest BCUT2D eigenvalue weighted by Gasteiger charge is 2.21. The second-order valence-corrected chi connectivity index (χ2v) is 6.63. The van der Waals surface area contributed by atoms with Gasteiger partial charge in [0.05, 0.1) is 10.9 Å². The van der Waals surface area contributed by atoms with Gasteiger partial charge < -0.3 is 5.73 Å². The second kappa shape index (κ2) is 6.84. The Kier molecular flexibility index (Phi) is 4.61. The van der Waals surface area contributed by atoms with Gasteiger partial charge in [0.15, 0.2) is 11.0 Å². The van der Waals surface area contributed by atoms with Crippen molar-refractivity contribution >= 4 is 17.7 Å². The van der Waals surface area contributed by atoms with Gasteiger partial charge in [0.2, 0.25) is 5.91 Å². The summed E-state index contributed by atoms with van der Waals surface area (Å²) in [5.41, 5.74) is 8.35. The van der Waals surface area contributed by atoms with Crippen molar-refractivity contribution in [1.82, 2.24) is 19.7 Å². The van der Waals surface area contributed by atoms with E-state index in [4.69, 9.17) is 5.73 Å². The van der Waals surface area contributed by atoms with E-state index < -0.39 is 5.25 Å². The fourth-order valence-electron chi connectivity index (χ4n) is 2.28. The maximum Gasteiger partial charge on any atom is 0.230 e. The van der Waals surface area contributed by atoms with Crippen molar-refractivity contribution in [1.29, 1.82) is 0 Å². The van der Waals surface area contributed by atoms with Crippen molar-refractivity contribution in [3.05, 3.63) is 54.4 Å². The molecule has 0 unspecified atom stereocenters. The number of nitrogens with zero attached hydrogens (tertiary/aromatic N) is 4. The van der Waals surface area contributed by atoms with Gasteiger partial charge in [-0.15, -0.1) is 10.2 Å². The predicted molar refractivity (Wildman–Crippen MR) is 93.8 cm³/mol. The second-order valence-electron chi connectivity index (χ2n) is 5.33. The van der Waals surface area contributed by atoms with Crippen LogP contribution in [0.3, 0.4) is 0 Å². The molecule has 0 saturated carbocycles.